The smallest absolute Gasteiger partial charge is 0.235 e. The van der Waals surface area contributed by atoms with Crippen LogP contribution in [0.3, 0.4) is 0 Å². The van der Waals surface area contributed by atoms with Gasteiger partial charge in [-0.25, -0.2) is 0 Å². The number of benzene rings is 6. The van der Waals surface area contributed by atoms with Crippen LogP contribution in [-0.2, 0) is 0 Å². The summed E-state index contributed by atoms with van der Waals surface area (Å²) in [6, 6.07) is 47.1. The van der Waals surface area contributed by atoms with Crippen LogP contribution in [-0.4, -0.2) is 14.8 Å². The van der Waals surface area contributed by atoms with Gasteiger partial charge in [-0.2, -0.15) is 4.58 Å². The van der Waals surface area contributed by atoms with E-state index in [1.54, 1.807) is 0 Å². The summed E-state index contributed by atoms with van der Waals surface area (Å²) >= 11 is 1.87. The quantitative estimate of drug-likeness (QED) is 0.174. The Labute approximate surface area is 268 Å². The average molecular weight is 605 g/mol. The third-order valence-corrected chi connectivity index (χ3v) is 11.1. The van der Waals surface area contributed by atoms with Crippen molar-refractivity contribution in [2.45, 2.75) is 6.04 Å². The number of thiophene rings is 1. The first kappa shape index (κ1) is 24.6. The van der Waals surface area contributed by atoms with Crippen molar-refractivity contribution in [1.29, 1.82) is 0 Å². The van der Waals surface area contributed by atoms with Gasteiger partial charge in [-0.1, -0.05) is 85.0 Å². The highest BCUT2D eigenvalue weighted by molar-refractivity contribution is 7.25. The highest BCUT2D eigenvalue weighted by Gasteiger charge is 2.37. The summed E-state index contributed by atoms with van der Waals surface area (Å²) in [5.41, 5.74) is 9.89. The SMILES string of the molecule is C1=CC2=[N+](c3ccc4sc5ccccc5c4c3)c3cccc4c5cc6c(cc5n(c34)C2C=C1)c1ccccc1n6-c1ccccc1. The fourth-order valence-corrected chi connectivity index (χ4v) is 9.18. The van der Waals surface area contributed by atoms with Gasteiger partial charge in [0.1, 0.15) is 11.6 Å². The Balaban J connectivity index is 1.24. The van der Waals surface area contributed by atoms with Crippen molar-refractivity contribution >= 4 is 92.2 Å². The zero-order valence-electron chi connectivity index (χ0n) is 24.8. The fourth-order valence-electron chi connectivity index (χ4n) is 8.09. The number of aromatic nitrogens is 2. The minimum absolute atomic E-state index is 0.0785. The van der Waals surface area contributed by atoms with Crippen LogP contribution in [0.25, 0.3) is 69.5 Å². The Morgan fingerprint density at radius 3 is 2.24 bits per heavy atom. The molecule has 0 bridgehead atoms. The van der Waals surface area contributed by atoms with Crippen LogP contribution in [0.15, 0.2) is 152 Å². The zero-order valence-corrected chi connectivity index (χ0v) is 25.6. The molecule has 0 spiro atoms. The Morgan fingerprint density at radius 2 is 1.30 bits per heavy atom. The second-order valence-corrected chi connectivity index (χ2v) is 13.4. The van der Waals surface area contributed by atoms with Gasteiger partial charge in [0.05, 0.1) is 16.6 Å². The summed E-state index contributed by atoms with van der Waals surface area (Å²) < 4.78 is 10.2. The molecule has 1 aliphatic heterocycles. The number of allylic oxidation sites excluding steroid dienone is 4. The third kappa shape index (κ3) is 3.14. The largest absolute Gasteiger partial charge is 0.318 e. The number of rotatable bonds is 2. The predicted molar refractivity (Wildman–Crippen MR) is 197 cm³/mol. The molecule has 11 rings (SSSR count). The Kier molecular flexibility index (Phi) is 4.78. The molecular formula is C42H26N3S+. The molecule has 6 aromatic carbocycles. The van der Waals surface area contributed by atoms with Crippen LogP contribution >= 0.6 is 11.3 Å². The lowest BCUT2D eigenvalue weighted by Gasteiger charge is -2.24. The summed E-state index contributed by atoms with van der Waals surface area (Å²) in [5, 5.41) is 7.77. The van der Waals surface area contributed by atoms with Crippen LogP contribution < -0.4 is 4.58 Å². The van der Waals surface area contributed by atoms with E-state index in [-0.39, 0.29) is 6.04 Å². The van der Waals surface area contributed by atoms with E-state index in [1.807, 2.05) is 11.3 Å². The third-order valence-electron chi connectivity index (χ3n) is 9.98. The Bertz CT molecular complexity index is 2860. The highest BCUT2D eigenvalue weighted by atomic mass is 32.1. The van der Waals surface area contributed by atoms with Crippen molar-refractivity contribution in [3.05, 3.63) is 152 Å². The van der Waals surface area contributed by atoms with Gasteiger partial charge < -0.3 is 9.13 Å². The van der Waals surface area contributed by atoms with Crippen LogP contribution in [0.5, 0.6) is 0 Å². The molecule has 214 valence electrons. The topological polar surface area (TPSA) is 12.9 Å². The van der Waals surface area contributed by atoms with Crippen molar-refractivity contribution in [3.8, 4) is 5.69 Å². The molecule has 0 fully saturated rings. The molecular weight excluding hydrogens is 579 g/mol. The van der Waals surface area contributed by atoms with Gasteiger partial charge in [-0.15, -0.1) is 11.3 Å². The van der Waals surface area contributed by atoms with Crippen LogP contribution in [0.2, 0.25) is 0 Å². The predicted octanol–water partition coefficient (Wildman–Crippen LogP) is 11.2. The van der Waals surface area contributed by atoms with Crippen molar-refractivity contribution < 1.29 is 0 Å². The molecule has 2 aliphatic rings. The van der Waals surface area contributed by atoms with Gasteiger partial charge >= 0.3 is 0 Å². The molecule has 0 N–H and O–H groups in total. The van der Waals surface area contributed by atoms with E-state index in [4.69, 9.17) is 0 Å². The van der Waals surface area contributed by atoms with E-state index in [2.05, 4.69) is 165 Å². The lowest BCUT2D eigenvalue weighted by atomic mass is 10.0. The van der Waals surface area contributed by atoms with Crippen molar-refractivity contribution in [2.24, 2.45) is 0 Å². The Morgan fingerprint density at radius 1 is 0.543 bits per heavy atom. The standard InChI is InChI=1S/C42H26N3S/c1-2-11-26(12-3-1)43-34-16-6-4-13-28(34)31-24-39-32(25-38(31)43)30-15-10-19-37-42(30)45(39)36-18-8-7-17-35(36)44(37)27-21-22-41-33(23-27)29-14-5-9-20-40(29)46-41/h1-25,36H/q+1. The molecule has 1 atom stereocenters. The van der Waals surface area contributed by atoms with E-state index in [9.17, 15) is 0 Å². The molecule has 0 saturated heterocycles. The summed E-state index contributed by atoms with van der Waals surface area (Å²) in [4.78, 5) is 0. The fraction of sp³-hybridized carbons (Fsp3) is 0.0238. The number of para-hydroxylation sites is 3. The summed E-state index contributed by atoms with van der Waals surface area (Å²) in [6.45, 7) is 0. The normalized spacial score (nSPS) is 15.8. The molecule has 4 heterocycles. The van der Waals surface area contributed by atoms with Gasteiger partial charge in [0, 0.05) is 71.7 Å². The summed E-state index contributed by atoms with van der Waals surface area (Å²) in [5.74, 6) is 0. The molecule has 1 aliphatic carbocycles. The number of hydrogen-bond acceptors (Lipinski definition) is 1. The van der Waals surface area contributed by atoms with E-state index in [1.165, 1.54) is 86.6 Å². The number of nitrogens with zero attached hydrogens (tertiary/aromatic N) is 3. The van der Waals surface area contributed by atoms with Crippen molar-refractivity contribution in [1.82, 2.24) is 13.7 Å². The summed E-state index contributed by atoms with van der Waals surface area (Å²) in [7, 11) is 0. The van der Waals surface area contributed by atoms with E-state index < -0.39 is 0 Å². The lowest BCUT2D eigenvalue weighted by molar-refractivity contribution is 0.781. The molecule has 3 nitrogen and oxygen atoms in total. The van der Waals surface area contributed by atoms with Gasteiger partial charge in [-0.3, -0.25) is 0 Å². The monoisotopic (exact) mass is 604 g/mol. The van der Waals surface area contributed by atoms with Crippen LogP contribution in [0.4, 0.5) is 11.4 Å². The molecule has 0 amide bonds. The second-order valence-electron chi connectivity index (χ2n) is 12.3. The highest BCUT2D eigenvalue weighted by Crippen LogP contribution is 2.46. The second kappa shape index (κ2) is 8.94. The lowest BCUT2D eigenvalue weighted by Crippen LogP contribution is -2.30. The van der Waals surface area contributed by atoms with E-state index in [0.29, 0.717) is 0 Å². The number of fused-ring (bicyclic) bond motifs is 11. The molecule has 1 unspecified atom stereocenters. The van der Waals surface area contributed by atoms with Crippen LogP contribution in [0, 0.1) is 0 Å². The molecule has 4 heteroatoms. The average Bonchev–Trinajstić information content (AvgIpc) is 3.76. The van der Waals surface area contributed by atoms with Gasteiger partial charge in [-0.05, 0) is 42.5 Å². The number of hydrogen-bond donors (Lipinski definition) is 0. The molecule has 9 aromatic rings. The molecule has 46 heavy (non-hydrogen) atoms. The zero-order chi connectivity index (χ0) is 29.9. The maximum atomic E-state index is 2.58. The van der Waals surface area contributed by atoms with Gasteiger partial charge in [0.2, 0.25) is 17.1 Å². The van der Waals surface area contributed by atoms with E-state index >= 15 is 0 Å². The first-order chi connectivity index (χ1) is 22.8. The first-order valence-electron chi connectivity index (χ1n) is 15.8. The van der Waals surface area contributed by atoms with Gasteiger partial charge in [0.15, 0.2) is 0 Å². The van der Waals surface area contributed by atoms with Crippen molar-refractivity contribution in [2.75, 3.05) is 0 Å². The van der Waals surface area contributed by atoms with Crippen LogP contribution in [0.1, 0.15) is 6.04 Å². The molecule has 0 radical (unpaired) electrons. The first-order valence-corrected chi connectivity index (χ1v) is 16.6. The summed E-state index contributed by atoms with van der Waals surface area (Å²) in [6.07, 6.45) is 9.04. The maximum Gasteiger partial charge on any atom is 0.235 e. The maximum absolute atomic E-state index is 2.58. The van der Waals surface area contributed by atoms with E-state index in [0.717, 1.165) is 0 Å². The molecule has 0 saturated carbocycles. The minimum atomic E-state index is 0.0785. The van der Waals surface area contributed by atoms with Crippen molar-refractivity contribution in [3.63, 3.8) is 0 Å². The molecule has 3 aromatic heterocycles. The Hall–Kier alpha value is -5.71. The van der Waals surface area contributed by atoms with Gasteiger partial charge in [0.25, 0.3) is 0 Å². The minimum Gasteiger partial charge on any atom is -0.318 e.